The zero-order chi connectivity index (χ0) is 19.1. The minimum absolute atomic E-state index is 0. The zero-order valence-electron chi connectivity index (χ0n) is 14.0. The Morgan fingerprint density at radius 2 is 1.48 bits per heavy atom. The van der Waals surface area contributed by atoms with Crippen LogP contribution in [0.4, 0.5) is 26.1 Å². The van der Waals surface area contributed by atoms with Gasteiger partial charge in [-0.15, -0.1) is 5.46 Å². The first-order valence-corrected chi connectivity index (χ1v) is 11.3. The minimum Gasteiger partial charge on any atom is -0.497 e. The quantitative estimate of drug-likeness (QED) is 0.272. The molecule has 0 saturated carbocycles. The Labute approximate surface area is 184 Å². The van der Waals surface area contributed by atoms with E-state index in [0.717, 1.165) is 7.11 Å². The maximum Gasteiger partial charge on any atom is 1.00 e. The fourth-order valence-electron chi connectivity index (χ4n) is 1.93. The molecular formula is C11H14BF6KO4SSi. The van der Waals surface area contributed by atoms with Gasteiger partial charge in [0, 0.05) is 5.19 Å². The third-order valence-electron chi connectivity index (χ3n) is 2.92. The zero-order valence-corrected chi connectivity index (χ0v) is 19.0. The number of alkyl halides is 3. The van der Waals surface area contributed by atoms with Crippen LogP contribution in [0.25, 0.3) is 0 Å². The van der Waals surface area contributed by atoms with Crippen LogP contribution >= 0.6 is 0 Å². The number of methoxy groups -OCH3 is 1. The normalized spacial score (nSPS) is 13.2. The van der Waals surface area contributed by atoms with E-state index in [9.17, 15) is 34.5 Å². The second-order valence-corrected chi connectivity index (χ2v) is 12.4. The van der Waals surface area contributed by atoms with Crippen molar-refractivity contribution in [3.05, 3.63) is 12.1 Å². The number of rotatable bonds is 5. The van der Waals surface area contributed by atoms with Gasteiger partial charge < -0.3 is 21.9 Å². The van der Waals surface area contributed by atoms with Crippen molar-refractivity contribution >= 4 is 35.8 Å². The summed E-state index contributed by atoms with van der Waals surface area (Å²) in [5, 5.41) is -0.0957. The number of hydrogen-bond acceptors (Lipinski definition) is 4. The molecule has 0 unspecified atom stereocenters. The first-order valence-electron chi connectivity index (χ1n) is 6.44. The number of ether oxygens (including phenoxy) is 1. The maximum absolute atomic E-state index is 13.0. The van der Waals surface area contributed by atoms with Crippen molar-refractivity contribution in [1.82, 2.24) is 0 Å². The predicted molar refractivity (Wildman–Crippen MR) is 80.3 cm³/mol. The van der Waals surface area contributed by atoms with Crippen molar-refractivity contribution in [2.75, 3.05) is 7.11 Å². The van der Waals surface area contributed by atoms with E-state index in [1.807, 2.05) is 0 Å². The van der Waals surface area contributed by atoms with Gasteiger partial charge in [0.25, 0.3) is 0 Å². The summed E-state index contributed by atoms with van der Waals surface area (Å²) in [6.07, 6.45) is 0. The van der Waals surface area contributed by atoms with Gasteiger partial charge in [-0.1, -0.05) is 19.6 Å². The molecule has 0 aliphatic carbocycles. The standard InChI is InChI=1S/C11H14BF6O4SSi.K/c1-21-8-5-7(12(16,17)18)6-9(10(8)24(2,3)4)22-23(19,20)11(13,14)15;/h5-6H,1-4H3;/q-1;+1. The molecular weight excluding hydrogens is 420 g/mol. The van der Waals surface area contributed by atoms with Crippen molar-refractivity contribution in [3.8, 4) is 11.5 Å². The van der Waals surface area contributed by atoms with Crippen LogP contribution in [-0.2, 0) is 10.1 Å². The molecule has 0 atom stereocenters. The first-order chi connectivity index (χ1) is 10.5. The van der Waals surface area contributed by atoms with Crippen molar-refractivity contribution in [2.45, 2.75) is 25.1 Å². The third kappa shape index (κ3) is 6.14. The van der Waals surface area contributed by atoms with E-state index in [2.05, 4.69) is 4.18 Å². The van der Waals surface area contributed by atoms with Crippen molar-refractivity contribution in [1.29, 1.82) is 0 Å². The van der Waals surface area contributed by atoms with Crippen LogP contribution in [0.2, 0.25) is 19.6 Å². The summed E-state index contributed by atoms with van der Waals surface area (Å²) in [4.78, 5) is 0. The molecule has 0 bridgehead atoms. The van der Waals surface area contributed by atoms with Crippen LogP contribution in [-0.4, -0.2) is 36.1 Å². The van der Waals surface area contributed by atoms with E-state index >= 15 is 0 Å². The fraction of sp³-hybridized carbons (Fsp3) is 0.455. The predicted octanol–water partition coefficient (Wildman–Crippen LogP) is -0.473. The van der Waals surface area contributed by atoms with Crippen LogP contribution < -0.4 is 71.0 Å². The molecule has 0 spiro atoms. The van der Waals surface area contributed by atoms with E-state index in [4.69, 9.17) is 4.74 Å². The molecule has 25 heavy (non-hydrogen) atoms. The molecule has 14 heteroatoms. The van der Waals surface area contributed by atoms with Crippen LogP contribution in [0.3, 0.4) is 0 Å². The first kappa shape index (κ1) is 25.3. The van der Waals surface area contributed by atoms with Crippen LogP contribution in [0.1, 0.15) is 0 Å². The average Bonchev–Trinajstić information content (AvgIpc) is 2.33. The molecule has 0 aliphatic heterocycles. The SMILES string of the molecule is COc1cc([B-](F)(F)F)cc(OS(=O)(=O)C(F)(F)F)c1[Si](C)(C)C.[K+]. The van der Waals surface area contributed by atoms with Gasteiger partial charge in [0.1, 0.15) is 11.5 Å². The molecule has 0 aliphatic rings. The Morgan fingerprint density at radius 1 is 1.04 bits per heavy atom. The van der Waals surface area contributed by atoms with Gasteiger partial charge in [0.15, 0.2) is 0 Å². The van der Waals surface area contributed by atoms with E-state index in [1.165, 1.54) is 0 Å². The van der Waals surface area contributed by atoms with Crippen molar-refractivity contribution < 1.29 is 94.8 Å². The Morgan fingerprint density at radius 3 is 1.80 bits per heavy atom. The molecule has 1 rings (SSSR count). The second kappa shape index (κ2) is 8.10. The van der Waals surface area contributed by atoms with E-state index in [-0.39, 0.29) is 68.4 Å². The molecule has 0 fully saturated rings. The summed E-state index contributed by atoms with van der Waals surface area (Å²) in [5.41, 5.74) is -7.09. The Kier molecular flexibility index (Phi) is 8.19. The molecule has 0 N–H and O–H groups in total. The average molecular weight is 434 g/mol. The van der Waals surface area contributed by atoms with Gasteiger partial charge >= 0.3 is 74.0 Å². The Bertz CT molecular complexity index is 730. The van der Waals surface area contributed by atoms with E-state index in [0.29, 0.717) is 6.07 Å². The minimum atomic E-state index is -6.11. The smallest absolute Gasteiger partial charge is 0.497 e. The van der Waals surface area contributed by atoms with Gasteiger partial charge in [-0.2, -0.15) is 21.6 Å². The van der Waals surface area contributed by atoms with Crippen molar-refractivity contribution in [3.63, 3.8) is 0 Å². The Hall–Kier alpha value is 0.268. The summed E-state index contributed by atoms with van der Waals surface area (Å²) in [6.45, 7) is -0.824. The second-order valence-electron chi connectivity index (χ2n) is 5.90. The molecule has 0 amide bonds. The van der Waals surface area contributed by atoms with Gasteiger partial charge in [-0.25, -0.2) is 0 Å². The van der Waals surface area contributed by atoms with Crippen LogP contribution in [0.15, 0.2) is 12.1 Å². The molecule has 1 aromatic carbocycles. The summed E-state index contributed by atoms with van der Waals surface area (Å²) in [5.74, 6) is -1.38. The molecule has 0 heterocycles. The number of benzene rings is 1. The summed E-state index contributed by atoms with van der Waals surface area (Å²) in [7, 11) is -7.71. The largest absolute Gasteiger partial charge is 1.00 e. The Balaban J connectivity index is 0.00000576. The molecule has 4 nitrogen and oxygen atoms in total. The van der Waals surface area contributed by atoms with Gasteiger partial charge in [0.2, 0.25) is 0 Å². The van der Waals surface area contributed by atoms with Crippen molar-refractivity contribution in [2.24, 2.45) is 0 Å². The molecule has 0 saturated heterocycles. The van der Waals surface area contributed by atoms with Gasteiger partial charge in [0.05, 0.1) is 15.2 Å². The van der Waals surface area contributed by atoms with Gasteiger partial charge in [-0.05, 0) is 12.1 Å². The summed E-state index contributed by atoms with van der Waals surface area (Å²) < 4.78 is 108. The molecule has 0 radical (unpaired) electrons. The van der Waals surface area contributed by atoms with Gasteiger partial charge in [-0.3, -0.25) is 0 Å². The van der Waals surface area contributed by atoms with E-state index < -0.39 is 41.9 Å². The number of halogens is 6. The van der Waals surface area contributed by atoms with E-state index in [1.54, 1.807) is 19.6 Å². The summed E-state index contributed by atoms with van der Waals surface area (Å²) in [6, 6.07) is 0.889. The van der Waals surface area contributed by atoms with Crippen LogP contribution in [0, 0.1) is 0 Å². The summed E-state index contributed by atoms with van der Waals surface area (Å²) >= 11 is 0. The molecule has 138 valence electrons. The number of hydrogen-bond donors (Lipinski definition) is 0. The van der Waals surface area contributed by atoms with Crippen LogP contribution in [0.5, 0.6) is 11.5 Å². The topological polar surface area (TPSA) is 52.6 Å². The third-order valence-corrected chi connectivity index (χ3v) is 5.88. The molecule has 0 aromatic heterocycles. The maximum atomic E-state index is 13.0. The monoisotopic (exact) mass is 434 g/mol. The fourth-order valence-corrected chi connectivity index (χ4v) is 4.24. The molecule has 1 aromatic rings.